The maximum Gasteiger partial charge on any atom is 0.275 e. The molecule has 2 rings (SSSR count). The van der Waals surface area contributed by atoms with Crippen molar-refractivity contribution in [3.05, 3.63) is 34.1 Å². The fourth-order valence-corrected chi connectivity index (χ4v) is 2.94. The third-order valence-corrected chi connectivity index (χ3v) is 3.98. The molecule has 0 N–H and O–H groups in total. The average Bonchev–Trinajstić information content (AvgIpc) is 2.60. The second-order valence-electron chi connectivity index (χ2n) is 9.25. The van der Waals surface area contributed by atoms with E-state index >= 15 is 0 Å². The van der Waals surface area contributed by atoms with Crippen molar-refractivity contribution in [2.24, 2.45) is 0 Å². The molecular weight excluding hydrogens is 272 g/mol. The monoisotopic (exact) mass is 302 g/mol. The molecule has 1 heterocycles. The van der Waals surface area contributed by atoms with E-state index < -0.39 is 0 Å². The molecule has 0 amide bonds. The summed E-state index contributed by atoms with van der Waals surface area (Å²) < 4.78 is 4.06. The van der Waals surface area contributed by atoms with E-state index in [9.17, 15) is 4.79 Å². The maximum absolute atomic E-state index is 13.1. The van der Waals surface area contributed by atoms with E-state index in [0.717, 1.165) is 10.9 Å². The Morgan fingerprint density at radius 1 is 0.773 bits per heavy atom. The Morgan fingerprint density at radius 3 is 1.68 bits per heavy atom. The molecule has 0 aliphatic heterocycles. The van der Waals surface area contributed by atoms with Crippen LogP contribution in [0.4, 0.5) is 0 Å². The Kier molecular flexibility index (Phi) is 3.63. The molecule has 0 atom stereocenters. The van der Waals surface area contributed by atoms with Gasteiger partial charge in [0, 0.05) is 0 Å². The molecule has 1 aromatic heterocycles. The minimum Gasteiger partial charge on any atom is -0.276 e. The first-order valence-electron chi connectivity index (χ1n) is 8.04. The molecular formula is C19H30N2O. The van der Waals surface area contributed by atoms with E-state index in [0.29, 0.717) is 0 Å². The molecule has 1 aromatic carbocycles. The second-order valence-corrected chi connectivity index (χ2v) is 9.25. The number of fused-ring (bicyclic) bond motifs is 1. The van der Waals surface area contributed by atoms with E-state index in [1.54, 1.807) is 0 Å². The molecule has 22 heavy (non-hydrogen) atoms. The molecule has 0 unspecified atom stereocenters. The van der Waals surface area contributed by atoms with Crippen LogP contribution in [-0.4, -0.2) is 9.36 Å². The SMILES string of the molecule is CC(C)(C)c1ccc2c(c1)c(=O)n(C(C)(C)C)n2C(C)(C)C. The Morgan fingerprint density at radius 2 is 1.27 bits per heavy atom. The molecule has 3 heteroatoms. The van der Waals surface area contributed by atoms with Crippen molar-refractivity contribution in [1.82, 2.24) is 9.36 Å². The number of hydrogen-bond donors (Lipinski definition) is 0. The number of benzene rings is 1. The first-order chi connectivity index (χ1) is 9.74. The second kappa shape index (κ2) is 4.74. The third kappa shape index (κ3) is 2.73. The quantitative estimate of drug-likeness (QED) is 0.698. The van der Waals surface area contributed by atoms with Crippen LogP contribution in [0, 0.1) is 0 Å². The van der Waals surface area contributed by atoms with Crippen LogP contribution in [0.1, 0.15) is 67.9 Å². The predicted octanol–water partition coefficient (Wildman–Crippen LogP) is 4.61. The van der Waals surface area contributed by atoms with E-state index in [4.69, 9.17) is 0 Å². The number of nitrogens with zero attached hydrogens (tertiary/aromatic N) is 2. The van der Waals surface area contributed by atoms with Crippen molar-refractivity contribution in [3.8, 4) is 0 Å². The predicted molar refractivity (Wildman–Crippen MR) is 94.9 cm³/mol. The van der Waals surface area contributed by atoms with E-state index in [1.165, 1.54) is 5.56 Å². The Labute approximate surface area is 133 Å². The van der Waals surface area contributed by atoms with Gasteiger partial charge in [0.05, 0.1) is 22.0 Å². The molecule has 0 fully saturated rings. The number of hydrogen-bond acceptors (Lipinski definition) is 1. The summed E-state index contributed by atoms with van der Waals surface area (Å²) in [5.74, 6) is 0. The molecule has 2 aromatic rings. The van der Waals surface area contributed by atoms with Crippen molar-refractivity contribution in [1.29, 1.82) is 0 Å². The van der Waals surface area contributed by atoms with Crippen molar-refractivity contribution < 1.29 is 0 Å². The first kappa shape index (κ1) is 16.9. The Hall–Kier alpha value is -1.51. The summed E-state index contributed by atoms with van der Waals surface area (Å²) in [6.07, 6.45) is 0. The standard InChI is InChI=1S/C19H30N2O/c1-17(2,3)13-10-11-15-14(12-13)16(22)21(19(7,8)9)20(15)18(4,5)6/h10-12H,1-9H3. The fourth-order valence-electron chi connectivity index (χ4n) is 2.94. The zero-order valence-corrected chi connectivity index (χ0v) is 15.5. The lowest BCUT2D eigenvalue weighted by Crippen LogP contribution is -2.41. The van der Waals surface area contributed by atoms with Gasteiger partial charge in [-0.3, -0.25) is 9.48 Å². The van der Waals surface area contributed by atoms with E-state index in [-0.39, 0.29) is 22.1 Å². The third-order valence-electron chi connectivity index (χ3n) is 3.98. The maximum atomic E-state index is 13.1. The summed E-state index contributed by atoms with van der Waals surface area (Å²) in [6.45, 7) is 19.2. The van der Waals surface area contributed by atoms with Gasteiger partial charge in [-0.15, -0.1) is 0 Å². The minimum absolute atomic E-state index is 0.0387. The molecule has 0 spiro atoms. The van der Waals surface area contributed by atoms with Gasteiger partial charge in [-0.2, -0.15) is 0 Å². The Bertz CT molecular complexity index is 756. The average molecular weight is 302 g/mol. The van der Waals surface area contributed by atoms with E-state index in [2.05, 4.69) is 85.2 Å². The zero-order chi connectivity index (χ0) is 17.1. The lowest BCUT2D eigenvalue weighted by atomic mass is 9.86. The molecule has 0 bridgehead atoms. The van der Waals surface area contributed by atoms with Gasteiger partial charge in [0.15, 0.2) is 0 Å². The Balaban J connectivity index is 2.96. The lowest BCUT2D eigenvalue weighted by Gasteiger charge is -2.32. The van der Waals surface area contributed by atoms with Crippen molar-refractivity contribution >= 4 is 10.9 Å². The molecule has 0 aliphatic rings. The molecule has 0 aliphatic carbocycles. The highest BCUT2D eigenvalue weighted by molar-refractivity contribution is 5.80. The summed E-state index contributed by atoms with van der Waals surface area (Å²) in [6, 6.07) is 6.32. The van der Waals surface area contributed by atoms with Crippen LogP contribution in [0.2, 0.25) is 0 Å². The summed E-state index contributed by atoms with van der Waals surface area (Å²) >= 11 is 0. The zero-order valence-electron chi connectivity index (χ0n) is 15.5. The minimum atomic E-state index is -0.259. The topological polar surface area (TPSA) is 26.9 Å². The fraction of sp³-hybridized carbons (Fsp3) is 0.632. The van der Waals surface area contributed by atoms with Crippen LogP contribution in [-0.2, 0) is 16.5 Å². The highest BCUT2D eigenvalue weighted by Gasteiger charge is 2.29. The van der Waals surface area contributed by atoms with Crippen LogP contribution in [0.15, 0.2) is 23.0 Å². The van der Waals surface area contributed by atoms with Gasteiger partial charge in [0.1, 0.15) is 0 Å². The van der Waals surface area contributed by atoms with Gasteiger partial charge < -0.3 is 0 Å². The number of rotatable bonds is 0. The largest absolute Gasteiger partial charge is 0.276 e. The van der Waals surface area contributed by atoms with Gasteiger partial charge in [-0.1, -0.05) is 26.8 Å². The molecule has 0 saturated carbocycles. The summed E-state index contributed by atoms with van der Waals surface area (Å²) in [7, 11) is 0. The van der Waals surface area contributed by atoms with Crippen molar-refractivity contribution in [2.75, 3.05) is 0 Å². The summed E-state index contributed by atoms with van der Waals surface area (Å²) in [4.78, 5) is 13.1. The van der Waals surface area contributed by atoms with Crippen LogP contribution >= 0.6 is 0 Å². The van der Waals surface area contributed by atoms with Gasteiger partial charge in [0.2, 0.25) is 0 Å². The van der Waals surface area contributed by atoms with Crippen molar-refractivity contribution in [2.45, 2.75) is 78.8 Å². The van der Waals surface area contributed by atoms with Crippen LogP contribution in [0.25, 0.3) is 10.9 Å². The lowest BCUT2D eigenvalue weighted by molar-refractivity contribution is 0.220. The molecule has 122 valence electrons. The highest BCUT2D eigenvalue weighted by Crippen LogP contribution is 2.29. The van der Waals surface area contributed by atoms with Gasteiger partial charge in [-0.25, -0.2) is 4.68 Å². The van der Waals surface area contributed by atoms with Crippen molar-refractivity contribution in [3.63, 3.8) is 0 Å². The smallest absolute Gasteiger partial charge is 0.275 e. The van der Waals surface area contributed by atoms with Crippen LogP contribution < -0.4 is 5.56 Å². The molecule has 3 nitrogen and oxygen atoms in total. The van der Waals surface area contributed by atoms with Crippen LogP contribution in [0.5, 0.6) is 0 Å². The number of aromatic nitrogens is 2. The van der Waals surface area contributed by atoms with Gasteiger partial charge >= 0.3 is 0 Å². The van der Waals surface area contributed by atoms with Gasteiger partial charge in [-0.05, 0) is 64.7 Å². The molecule has 0 saturated heterocycles. The van der Waals surface area contributed by atoms with Gasteiger partial charge in [0.25, 0.3) is 5.56 Å². The highest BCUT2D eigenvalue weighted by atomic mass is 16.1. The normalized spacial score (nSPS) is 13.9. The van der Waals surface area contributed by atoms with E-state index in [1.807, 2.05) is 4.68 Å². The first-order valence-corrected chi connectivity index (χ1v) is 8.04. The molecule has 0 radical (unpaired) electrons. The summed E-state index contributed by atoms with van der Waals surface area (Å²) in [5.41, 5.74) is 1.94. The van der Waals surface area contributed by atoms with Crippen LogP contribution in [0.3, 0.4) is 0 Å². The summed E-state index contributed by atoms with van der Waals surface area (Å²) in [5, 5.41) is 0.817.